The number of aromatic nitrogens is 1. The zero-order valence-corrected chi connectivity index (χ0v) is 41.1. The van der Waals surface area contributed by atoms with Gasteiger partial charge in [0.25, 0.3) is 5.91 Å². The summed E-state index contributed by atoms with van der Waals surface area (Å²) in [5.74, 6) is -0.455. The summed E-state index contributed by atoms with van der Waals surface area (Å²) in [6.07, 6.45) is 2.53. The molecular formula is C51H64ClN7O6S. The van der Waals surface area contributed by atoms with Crippen molar-refractivity contribution in [3.8, 4) is 22.3 Å². The number of rotatable bonds is 18. The second-order valence-corrected chi connectivity index (χ2v) is 21.0. The van der Waals surface area contributed by atoms with Crippen LogP contribution in [0.25, 0.3) is 10.4 Å². The zero-order chi connectivity index (χ0) is 48.0. The summed E-state index contributed by atoms with van der Waals surface area (Å²) in [6, 6.07) is 20.7. The first-order chi connectivity index (χ1) is 31.2. The van der Waals surface area contributed by atoms with Crippen molar-refractivity contribution >= 4 is 52.3 Å². The van der Waals surface area contributed by atoms with Gasteiger partial charge >= 0.3 is 0 Å². The standard InChI is InChI=1S/C51H64ClN7O6S/c1-31(33-14-16-34(17-15-33)42-32(2)55-30-66-42)56-45(62)40-13-12-25-59(40)46(63)43(49(3,4)5)57-41(60)29-64-26-11-10-24-54-37-21-18-35(19-22-37)44(61)58-47-50(6,7)48(51(47,8)9)65-38-23-20-36(28-53)39(52)27-38/h14-23,27,30-31,40,43,47-48,54H,10-13,24-26,29H2,1-9H3,(H,56,62)(H,57,60)(H,58,61)/t31-,40+,43-,47?,48?/m1/s1. The molecule has 66 heavy (non-hydrogen) atoms. The summed E-state index contributed by atoms with van der Waals surface area (Å²) in [5.41, 5.74) is 5.32. The summed E-state index contributed by atoms with van der Waals surface area (Å²) in [6.45, 7) is 19.2. The normalized spacial score (nSPS) is 19.4. The lowest BCUT2D eigenvalue weighted by atomic mass is 9.49. The highest BCUT2D eigenvalue weighted by atomic mass is 35.5. The SMILES string of the molecule is Cc1ncsc1-c1ccc([C@@H](C)NC(=O)[C@@H]2CCCN2C(=O)[C@@H](NC(=O)COCCCCNc2ccc(C(=O)NC3C(C)(C)C(Oc4ccc(C#N)c(Cl)c4)C3(C)C)cc2)C(C)(C)C)cc1. The molecule has 0 unspecified atom stereocenters. The number of hydrogen-bond donors (Lipinski definition) is 4. The number of anilines is 1. The highest BCUT2D eigenvalue weighted by Crippen LogP contribution is 2.55. The van der Waals surface area contributed by atoms with Gasteiger partial charge in [0.05, 0.1) is 32.7 Å². The van der Waals surface area contributed by atoms with E-state index >= 15 is 0 Å². The molecule has 1 aliphatic carbocycles. The number of carbonyl (C=O) groups excluding carboxylic acids is 4. The summed E-state index contributed by atoms with van der Waals surface area (Å²) in [5, 5.41) is 22.2. The Morgan fingerprint density at radius 1 is 0.985 bits per heavy atom. The number of thiazole rings is 1. The molecule has 3 atom stereocenters. The Labute approximate surface area is 398 Å². The summed E-state index contributed by atoms with van der Waals surface area (Å²) in [7, 11) is 0. The van der Waals surface area contributed by atoms with E-state index in [1.54, 1.807) is 46.6 Å². The van der Waals surface area contributed by atoms with Gasteiger partial charge in [0.15, 0.2) is 0 Å². The molecule has 2 fully saturated rings. The summed E-state index contributed by atoms with van der Waals surface area (Å²) < 4.78 is 12.1. The van der Waals surface area contributed by atoms with Crippen LogP contribution < -0.4 is 26.0 Å². The topological polar surface area (TPSA) is 175 Å². The first-order valence-corrected chi connectivity index (χ1v) is 24.0. The van der Waals surface area contributed by atoms with Crippen LogP contribution in [0.5, 0.6) is 5.75 Å². The molecule has 0 spiro atoms. The first-order valence-electron chi connectivity index (χ1n) is 22.7. The minimum Gasteiger partial charge on any atom is -0.489 e. The highest BCUT2D eigenvalue weighted by molar-refractivity contribution is 7.13. The van der Waals surface area contributed by atoms with Gasteiger partial charge in [-0.2, -0.15) is 5.26 Å². The maximum Gasteiger partial charge on any atom is 0.251 e. The minimum absolute atomic E-state index is 0.155. The molecule has 4 aromatic rings. The smallest absolute Gasteiger partial charge is 0.251 e. The maximum absolute atomic E-state index is 14.0. The second-order valence-electron chi connectivity index (χ2n) is 19.7. The number of likely N-dealkylation sites (tertiary alicyclic amines) is 1. The van der Waals surface area contributed by atoms with Gasteiger partial charge in [-0.25, -0.2) is 4.98 Å². The van der Waals surface area contributed by atoms with E-state index in [4.69, 9.17) is 21.1 Å². The molecule has 2 heterocycles. The monoisotopic (exact) mass is 937 g/mol. The van der Waals surface area contributed by atoms with Crippen molar-refractivity contribution in [1.29, 1.82) is 5.26 Å². The summed E-state index contributed by atoms with van der Waals surface area (Å²) >= 11 is 7.84. The number of aryl methyl sites for hydroxylation is 1. The third-order valence-corrected chi connectivity index (χ3v) is 14.2. The number of amides is 4. The van der Waals surface area contributed by atoms with Gasteiger partial charge in [0, 0.05) is 53.9 Å². The fourth-order valence-corrected chi connectivity index (χ4v) is 10.5. The third-order valence-electron chi connectivity index (χ3n) is 12.9. The predicted octanol–water partition coefficient (Wildman–Crippen LogP) is 8.86. The average Bonchev–Trinajstić information content (AvgIpc) is 3.95. The molecule has 4 amide bonds. The quantitative estimate of drug-likeness (QED) is 0.0711. The Kier molecular flexibility index (Phi) is 15.9. The Morgan fingerprint density at radius 3 is 2.30 bits per heavy atom. The Bertz CT molecular complexity index is 2390. The fourth-order valence-electron chi connectivity index (χ4n) is 9.49. The van der Waals surface area contributed by atoms with Crippen LogP contribution in [0.4, 0.5) is 5.69 Å². The number of unbranched alkanes of at least 4 members (excludes halogenated alkanes) is 1. The van der Waals surface area contributed by atoms with E-state index in [1.807, 2.05) is 76.5 Å². The van der Waals surface area contributed by atoms with Gasteiger partial charge in [0.2, 0.25) is 17.7 Å². The molecule has 0 bridgehead atoms. The number of ether oxygens (including phenoxy) is 2. The number of nitrogens with one attached hydrogen (secondary N) is 4. The van der Waals surface area contributed by atoms with Crippen LogP contribution in [-0.2, 0) is 19.1 Å². The number of halogens is 1. The molecule has 15 heteroatoms. The van der Waals surface area contributed by atoms with E-state index in [1.165, 1.54) is 0 Å². The van der Waals surface area contributed by atoms with E-state index in [0.29, 0.717) is 60.9 Å². The molecule has 1 saturated carbocycles. The molecule has 6 rings (SSSR count). The van der Waals surface area contributed by atoms with Crippen molar-refractivity contribution in [3.05, 3.63) is 99.6 Å². The van der Waals surface area contributed by atoms with Crippen molar-refractivity contribution in [2.45, 2.75) is 118 Å². The molecule has 352 valence electrons. The third kappa shape index (κ3) is 11.5. The molecule has 4 N–H and O–H groups in total. The van der Waals surface area contributed by atoms with Crippen LogP contribution in [0.3, 0.4) is 0 Å². The first kappa shape index (κ1) is 49.9. The van der Waals surface area contributed by atoms with Crippen LogP contribution in [0.1, 0.15) is 114 Å². The molecule has 1 saturated heterocycles. The van der Waals surface area contributed by atoms with Crippen LogP contribution in [0.15, 0.2) is 72.2 Å². The summed E-state index contributed by atoms with van der Waals surface area (Å²) in [4.78, 5) is 61.2. The lowest BCUT2D eigenvalue weighted by Gasteiger charge is -2.63. The van der Waals surface area contributed by atoms with Crippen LogP contribution >= 0.6 is 22.9 Å². The average molecular weight is 939 g/mol. The fraction of sp³-hybridized carbons (Fsp3) is 0.490. The zero-order valence-electron chi connectivity index (χ0n) is 39.5. The largest absolute Gasteiger partial charge is 0.489 e. The number of nitrogens with zero attached hydrogens (tertiary/aromatic N) is 3. The van der Waals surface area contributed by atoms with Crippen LogP contribution in [0, 0.1) is 34.5 Å². The van der Waals surface area contributed by atoms with Crippen molar-refractivity contribution in [3.63, 3.8) is 0 Å². The van der Waals surface area contributed by atoms with Crippen LogP contribution in [0.2, 0.25) is 5.02 Å². The van der Waals surface area contributed by atoms with E-state index < -0.39 is 17.5 Å². The lowest BCUT2D eigenvalue weighted by Crippen LogP contribution is -2.74. The Hall–Kier alpha value is -5.49. The maximum atomic E-state index is 14.0. The molecule has 1 aliphatic heterocycles. The molecule has 13 nitrogen and oxygen atoms in total. The number of hydrogen-bond acceptors (Lipinski definition) is 10. The van der Waals surface area contributed by atoms with Gasteiger partial charge in [-0.1, -0.05) is 84.3 Å². The molecule has 2 aliphatic rings. The van der Waals surface area contributed by atoms with Crippen molar-refractivity contribution in [1.82, 2.24) is 25.8 Å². The Morgan fingerprint density at radius 2 is 1.68 bits per heavy atom. The molecule has 3 aromatic carbocycles. The Balaban J connectivity index is 0.894. The van der Waals surface area contributed by atoms with E-state index in [-0.39, 0.29) is 59.3 Å². The lowest BCUT2D eigenvalue weighted by molar-refractivity contribution is -0.164. The predicted molar refractivity (Wildman–Crippen MR) is 259 cm³/mol. The van der Waals surface area contributed by atoms with Crippen LogP contribution in [-0.4, -0.2) is 84.0 Å². The van der Waals surface area contributed by atoms with Gasteiger partial charge in [-0.05, 0) is 92.5 Å². The molecule has 0 radical (unpaired) electrons. The van der Waals surface area contributed by atoms with Crippen molar-refractivity contribution < 1.29 is 28.7 Å². The number of carbonyl (C=O) groups is 4. The van der Waals surface area contributed by atoms with Gasteiger partial charge in [0.1, 0.15) is 36.6 Å². The molecular weight excluding hydrogens is 874 g/mol. The van der Waals surface area contributed by atoms with Gasteiger partial charge in [-0.15, -0.1) is 11.3 Å². The number of benzene rings is 3. The number of nitriles is 1. The van der Waals surface area contributed by atoms with Gasteiger partial charge in [-0.3, -0.25) is 19.2 Å². The minimum atomic E-state index is -0.839. The van der Waals surface area contributed by atoms with Gasteiger partial charge < -0.3 is 35.6 Å². The second kappa shape index (κ2) is 21.0. The van der Waals surface area contributed by atoms with E-state index in [2.05, 4.69) is 60.0 Å². The van der Waals surface area contributed by atoms with E-state index in [0.717, 1.165) is 33.8 Å². The highest BCUT2D eigenvalue weighted by Gasteiger charge is 2.64. The van der Waals surface area contributed by atoms with Crippen molar-refractivity contribution in [2.75, 3.05) is 31.6 Å². The van der Waals surface area contributed by atoms with Crippen molar-refractivity contribution in [2.24, 2.45) is 16.2 Å². The van der Waals surface area contributed by atoms with E-state index in [9.17, 15) is 24.4 Å². The molecule has 1 aromatic heterocycles.